The number of rotatable bonds is 3. The fourth-order valence-electron chi connectivity index (χ4n) is 0.985. The van der Waals surface area contributed by atoms with Crippen LogP contribution >= 0.6 is 0 Å². The topological polar surface area (TPSA) is 98.9 Å². The number of nitrogens with one attached hydrogen (secondary N) is 1. The average Bonchev–Trinajstić information content (AvgIpc) is 2.10. The molecule has 0 aliphatic carbocycles. The van der Waals surface area contributed by atoms with Crippen molar-refractivity contribution in [1.29, 1.82) is 5.26 Å². The monoisotopic (exact) mass is 195 g/mol. The van der Waals surface area contributed by atoms with E-state index in [4.69, 9.17) is 5.26 Å². The number of aromatic amines is 1. The molecule has 0 amide bonds. The molecule has 0 spiro atoms. The van der Waals surface area contributed by atoms with Crippen LogP contribution in [0.4, 0.5) is 0 Å². The summed E-state index contributed by atoms with van der Waals surface area (Å²) in [5, 5.41) is 17.5. The van der Waals surface area contributed by atoms with Gasteiger partial charge in [-0.15, -0.1) is 0 Å². The molecule has 0 aromatic carbocycles. The Kier molecular flexibility index (Phi) is 3.20. The maximum Gasteiger partial charge on any atom is 0.328 e. The third-order valence-corrected chi connectivity index (χ3v) is 1.63. The van der Waals surface area contributed by atoms with Crippen molar-refractivity contribution < 1.29 is 5.11 Å². The molecule has 0 saturated heterocycles. The predicted molar refractivity (Wildman–Crippen MR) is 47.6 cm³/mol. The lowest BCUT2D eigenvalue weighted by molar-refractivity contribution is 0.157. The van der Waals surface area contributed by atoms with Crippen molar-refractivity contribution in [2.75, 3.05) is 0 Å². The number of nitrogens with zero attached hydrogens (tertiary/aromatic N) is 2. The Morgan fingerprint density at radius 2 is 2.36 bits per heavy atom. The highest BCUT2D eigenvalue weighted by Gasteiger charge is 2.05. The van der Waals surface area contributed by atoms with Crippen LogP contribution in [0.25, 0.3) is 0 Å². The highest BCUT2D eigenvalue weighted by Crippen LogP contribution is 1.91. The zero-order valence-electron chi connectivity index (χ0n) is 7.30. The lowest BCUT2D eigenvalue weighted by Crippen LogP contribution is -2.32. The van der Waals surface area contributed by atoms with E-state index in [9.17, 15) is 14.7 Å². The average molecular weight is 195 g/mol. The summed E-state index contributed by atoms with van der Waals surface area (Å²) in [5.74, 6) is 0. The van der Waals surface area contributed by atoms with Gasteiger partial charge in [0.05, 0.1) is 25.1 Å². The van der Waals surface area contributed by atoms with Crippen molar-refractivity contribution in [3.8, 4) is 6.07 Å². The minimum Gasteiger partial charge on any atom is -0.390 e. The second-order valence-corrected chi connectivity index (χ2v) is 2.78. The van der Waals surface area contributed by atoms with Gasteiger partial charge in [-0.2, -0.15) is 5.26 Å². The lowest BCUT2D eigenvalue weighted by Gasteiger charge is -2.07. The smallest absolute Gasteiger partial charge is 0.328 e. The normalized spacial score (nSPS) is 12.0. The van der Waals surface area contributed by atoms with Gasteiger partial charge in [0.25, 0.3) is 5.56 Å². The molecule has 74 valence electrons. The second kappa shape index (κ2) is 4.39. The Morgan fingerprint density at radius 3 is 2.93 bits per heavy atom. The largest absolute Gasteiger partial charge is 0.390 e. The summed E-state index contributed by atoms with van der Waals surface area (Å²) < 4.78 is 1.14. The van der Waals surface area contributed by atoms with E-state index in [0.717, 1.165) is 4.57 Å². The maximum atomic E-state index is 11.1. The van der Waals surface area contributed by atoms with E-state index in [1.807, 2.05) is 4.98 Å². The molecule has 0 aliphatic rings. The van der Waals surface area contributed by atoms with Gasteiger partial charge in [-0.05, 0) is 0 Å². The lowest BCUT2D eigenvalue weighted by atomic mass is 10.3. The summed E-state index contributed by atoms with van der Waals surface area (Å²) in [7, 11) is 0. The van der Waals surface area contributed by atoms with Gasteiger partial charge >= 0.3 is 5.69 Å². The Labute approximate surface area is 79.1 Å². The van der Waals surface area contributed by atoms with E-state index in [-0.39, 0.29) is 13.0 Å². The first-order chi connectivity index (χ1) is 6.63. The third-order valence-electron chi connectivity index (χ3n) is 1.63. The Hall–Kier alpha value is -1.87. The number of hydrogen-bond donors (Lipinski definition) is 2. The molecule has 6 heteroatoms. The molecule has 2 N–H and O–H groups in total. The second-order valence-electron chi connectivity index (χ2n) is 2.78. The van der Waals surface area contributed by atoms with Gasteiger partial charge in [-0.25, -0.2) is 4.79 Å². The number of aromatic nitrogens is 2. The maximum absolute atomic E-state index is 11.1. The summed E-state index contributed by atoms with van der Waals surface area (Å²) >= 11 is 0. The van der Waals surface area contributed by atoms with Crippen LogP contribution < -0.4 is 11.2 Å². The van der Waals surface area contributed by atoms with Gasteiger partial charge in [0.1, 0.15) is 0 Å². The van der Waals surface area contributed by atoms with Crippen LogP contribution in [0, 0.1) is 11.3 Å². The summed E-state index contributed by atoms with van der Waals surface area (Å²) in [6, 6.07) is 2.96. The highest BCUT2D eigenvalue weighted by atomic mass is 16.3. The molecule has 0 bridgehead atoms. The molecule has 1 atom stereocenters. The van der Waals surface area contributed by atoms with Crippen LogP contribution in [0.3, 0.4) is 0 Å². The summed E-state index contributed by atoms with van der Waals surface area (Å²) in [4.78, 5) is 23.8. The van der Waals surface area contributed by atoms with Crippen molar-refractivity contribution in [3.05, 3.63) is 33.1 Å². The van der Waals surface area contributed by atoms with Gasteiger partial charge in [-0.3, -0.25) is 14.3 Å². The zero-order chi connectivity index (χ0) is 10.6. The molecule has 1 rings (SSSR count). The summed E-state index contributed by atoms with van der Waals surface area (Å²) in [6.45, 7) is 0.00315. The van der Waals surface area contributed by atoms with Gasteiger partial charge in [0.2, 0.25) is 0 Å². The molecular formula is C8H9N3O3. The molecule has 0 aliphatic heterocycles. The molecule has 1 aromatic heterocycles. The van der Waals surface area contributed by atoms with E-state index >= 15 is 0 Å². The van der Waals surface area contributed by atoms with Gasteiger partial charge in [-0.1, -0.05) is 0 Å². The van der Waals surface area contributed by atoms with Crippen molar-refractivity contribution in [1.82, 2.24) is 9.55 Å². The van der Waals surface area contributed by atoms with Crippen LogP contribution in [-0.2, 0) is 6.54 Å². The molecule has 1 heterocycles. The van der Waals surface area contributed by atoms with Crippen LogP contribution in [-0.4, -0.2) is 20.8 Å². The molecule has 0 fully saturated rings. The SMILES string of the molecule is N#CCC(O)Cn1ccc(=O)[nH]c1=O. The Morgan fingerprint density at radius 1 is 1.64 bits per heavy atom. The number of nitriles is 1. The van der Waals surface area contributed by atoms with E-state index in [0.29, 0.717) is 0 Å². The fourth-order valence-corrected chi connectivity index (χ4v) is 0.985. The Bertz CT molecular complexity index is 454. The number of aliphatic hydroxyl groups is 1. The molecule has 6 nitrogen and oxygen atoms in total. The van der Waals surface area contributed by atoms with E-state index in [2.05, 4.69) is 0 Å². The van der Waals surface area contributed by atoms with Crippen LogP contribution in [0.5, 0.6) is 0 Å². The van der Waals surface area contributed by atoms with Crippen molar-refractivity contribution in [2.45, 2.75) is 19.1 Å². The van der Waals surface area contributed by atoms with Crippen LogP contribution in [0.15, 0.2) is 21.9 Å². The van der Waals surface area contributed by atoms with Crippen LogP contribution in [0.1, 0.15) is 6.42 Å². The minimum atomic E-state index is -0.899. The standard InChI is InChI=1S/C8H9N3O3/c9-3-1-6(12)5-11-4-2-7(13)10-8(11)14/h2,4,6,12H,1,5H2,(H,10,13,14). The highest BCUT2D eigenvalue weighted by molar-refractivity contribution is 4.84. The quantitative estimate of drug-likeness (QED) is 0.633. The molecular weight excluding hydrogens is 186 g/mol. The first kappa shape index (κ1) is 10.2. The van der Waals surface area contributed by atoms with Crippen LogP contribution in [0.2, 0.25) is 0 Å². The fraction of sp³-hybridized carbons (Fsp3) is 0.375. The minimum absolute atomic E-state index is 0.00315. The first-order valence-corrected chi connectivity index (χ1v) is 3.98. The van der Waals surface area contributed by atoms with Crippen molar-refractivity contribution >= 4 is 0 Å². The number of hydrogen-bond acceptors (Lipinski definition) is 4. The zero-order valence-corrected chi connectivity index (χ0v) is 7.30. The van der Waals surface area contributed by atoms with Gasteiger partial charge < -0.3 is 5.11 Å². The van der Waals surface area contributed by atoms with Gasteiger partial charge in [0, 0.05) is 12.3 Å². The third kappa shape index (κ3) is 2.57. The number of aliphatic hydroxyl groups excluding tert-OH is 1. The van der Waals surface area contributed by atoms with Crippen molar-refractivity contribution in [2.24, 2.45) is 0 Å². The molecule has 0 saturated carbocycles. The summed E-state index contributed by atoms with van der Waals surface area (Å²) in [6.07, 6.45) is 0.330. The molecule has 1 aromatic rings. The first-order valence-electron chi connectivity index (χ1n) is 3.98. The molecule has 1 unspecified atom stereocenters. The Balaban J connectivity index is 2.83. The number of H-pyrrole nitrogens is 1. The van der Waals surface area contributed by atoms with E-state index in [1.165, 1.54) is 12.3 Å². The van der Waals surface area contributed by atoms with E-state index in [1.54, 1.807) is 6.07 Å². The summed E-state index contributed by atoms with van der Waals surface area (Å²) in [5.41, 5.74) is -1.07. The molecule has 14 heavy (non-hydrogen) atoms. The van der Waals surface area contributed by atoms with E-state index < -0.39 is 17.4 Å². The van der Waals surface area contributed by atoms with Crippen molar-refractivity contribution in [3.63, 3.8) is 0 Å². The predicted octanol–water partition coefficient (Wildman–Crippen LogP) is -1.19. The molecule has 0 radical (unpaired) electrons. The van der Waals surface area contributed by atoms with Gasteiger partial charge in [0.15, 0.2) is 0 Å².